The van der Waals surface area contributed by atoms with Crippen molar-refractivity contribution in [2.45, 2.75) is 12.5 Å². The Morgan fingerprint density at radius 1 is 1.42 bits per heavy atom. The molecule has 1 atom stereocenters. The minimum atomic E-state index is -0.697. The van der Waals surface area contributed by atoms with Crippen LogP contribution in [-0.4, -0.2) is 37.6 Å². The summed E-state index contributed by atoms with van der Waals surface area (Å²) >= 11 is 0. The third-order valence-electron chi connectivity index (χ3n) is 2.80. The summed E-state index contributed by atoms with van der Waals surface area (Å²) in [6.07, 6.45) is 0.289. The lowest BCUT2D eigenvalue weighted by atomic mass is 10.1. The summed E-state index contributed by atoms with van der Waals surface area (Å²) in [6.45, 7) is 1.25. The average molecular weight is 261 g/mol. The first kappa shape index (κ1) is 15.2. The monoisotopic (exact) mass is 261 g/mol. The van der Waals surface area contributed by atoms with Crippen LogP contribution in [0.4, 0.5) is 0 Å². The molecule has 0 fully saturated rings. The Labute approximate surface area is 113 Å². The van der Waals surface area contributed by atoms with Crippen LogP contribution in [0, 0.1) is 11.3 Å². The van der Waals surface area contributed by atoms with Gasteiger partial charge in [0.1, 0.15) is 6.04 Å². The molecule has 1 rings (SSSR count). The number of nitrogens with zero attached hydrogens (tertiary/aromatic N) is 2. The predicted octanol–water partition coefficient (Wildman–Crippen LogP) is 1.08. The highest BCUT2D eigenvalue weighted by molar-refractivity contribution is 5.83. The topological polar surface area (TPSA) is 79.3 Å². The van der Waals surface area contributed by atoms with Crippen LogP contribution in [0.15, 0.2) is 30.3 Å². The van der Waals surface area contributed by atoms with Crippen LogP contribution in [0.2, 0.25) is 0 Å². The van der Waals surface area contributed by atoms with Crippen molar-refractivity contribution in [3.05, 3.63) is 35.9 Å². The maximum absolute atomic E-state index is 12.3. The van der Waals surface area contributed by atoms with Crippen LogP contribution >= 0.6 is 0 Å². The number of amides is 1. The highest BCUT2D eigenvalue weighted by atomic mass is 16.5. The molecule has 0 saturated heterocycles. The van der Waals surface area contributed by atoms with Crippen molar-refractivity contribution in [1.29, 1.82) is 5.26 Å². The van der Waals surface area contributed by atoms with Crippen molar-refractivity contribution >= 4 is 5.91 Å². The number of nitrogens with two attached hydrogens (primary N) is 1. The molecule has 1 amide bonds. The number of benzene rings is 1. The van der Waals surface area contributed by atoms with Crippen LogP contribution in [-0.2, 0) is 9.53 Å². The van der Waals surface area contributed by atoms with Gasteiger partial charge < -0.3 is 15.4 Å². The molecule has 0 spiro atoms. The third-order valence-corrected chi connectivity index (χ3v) is 2.80. The van der Waals surface area contributed by atoms with Gasteiger partial charge in [0.15, 0.2) is 0 Å². The zero-order valence-corrected chi connectivity index (χ0v) is 11.1. The van der Waals surface area contributed by atoms with Crippen molar-refractivity contribution in [3.8, 4) is 6.07 Å². The molecule has 0 heterocycles. The second-order valence-corrected chi connectivity index (χ2v) is 4.11. The standard InChI is InChI=1S/C14H19N3O2/c1-19-11-10-17(9-5-8-15)14(18)13(16)12-6-3-2-4-7-12/h2-4,6-7,13H,5,9-11,16H2,1H3/t13-/m0/s1. The number of carbonyl (C=O) groups is 1. The molecular formula is C14H19N3O2. The van der Waals surface area contributed by atoms with E-state index in [4.69, 9.17) is 15.7 Å². The SMILES string of the molecule is COCCN(CCC#N)C(=O)[C@@H](N)c1ccccc1. The van der Waals surface area contributed by atoms with Gasteiger partial charge in [-0.25, -0.2) is 0 Å². The number of methoxy groups -OCH3 is 1. The molecule has 1 aromatic rings. The van der Waals surface area contributed by atoms with Crippen LogP contribution in [0.3, 0.4) is 0 Å². The van der Waals surface area contributed by atoms with Gasteiger partial charge >= 0.3 is 0 Å². The van der Waals surface area contributed by atoms with Crippen molar-refractivity contribution in [2.24, 2.45) is 5.73 Å². The van der Waals surface area contributed by atoms with Crippen LogP contribution < -0.4 is 5.73 Å². The highest BCUT2D eigenvalue weighted by Gasteiger charge is 2.21. The molecule has 102 valence electrons. The lowest BCUT2D eigenvalue weighted by molar-refractivity contribution is -0.133. The zero-order valence-electron chi connectivity index (χ0n) is 11.1. The van der Waals surface area contributed by atoms with Gasteiger partial charge in [-0.1, -0.05) is 30.3 Å². The van der Waals surface area contributed by atoms with Crippen molar-refractivity contribution < 1.29 is 9.53 Å². The fraction of sp³-hybridized carbons (Fsp3) is 0.429. The summed E-state index contributed by atoms with van der Waals surface area (Å²) in [7, 11) is 1.57. The summed E-state index contributed by atoms with van der Waals surface area (Å²) in [5, 5.41) is 8.63. The molecule has 5 heteroatoms. The zero-order chi connectivity index (χ0) is 14.1. The summed E-state index contributed by atoms with van der Waals surface area (Å²) in [4.78, 5) is 13.9. The molecule has 0 saturated carbocycles. The molecule has 0 unspecified atom stereocenters. The molecule has 19 heavy (non-hydrogen) atoms. The summed E-state index contributed by atoms with van der Waals surface area (Å²) in [6, 6.07) is 10.5. The van der Waals surface area contributed by atoms with E-state index in [0.717, 1.165) is 5.56 Å². The second-order valence-electron chi connectivity index (χ2n) is 4.11. The first-order valence-electron chi connectivity index (χ1n) is 6.16. The average Bonchev–Trinajstić information content (AvgIpc) is 2.47. The summed E-state index contributed by atoms with van der Waals surface area (Å²) < 4.78 is 4.97. The van der Waals surface area contributed by atoms with E-state index in [9.17, 15) is 4.79 Å². The van der Waals surface area contributed by atoms with Gasteiger partial charge in [-0.15, -0.1) is 0 Å². The van der Waals surface area contributed by atoms with Crippen molar-refractivity contribution in [3.63, 3.8) is 0 Å². The summed E-state index contributed by atoms with van der Waals surface area (Å²) in [5.41, 5.74) is 6.74. The van der Waals surface area contributed by atoms with Gasteiger partial charge in [0.05, 0.1) is 19.1 Å². The Morgan fingerprint density at radius 2 is 2.11 bits per heavy atom. The second kappa shape index (κ2) is 8.25. The van der Waals surface area contributed by atoms with E-state index in [1.807, 2.05) is 36.4 Å². The summed E-state index contributed by atoms with van der Waals surface area (Å²) in [5.74, 6) is -0.182. The largest absolute Gasteiger partial charge is 0.383 e. The lowest BCUT2D eigenvalue weighted by Crippen LogP contribution is -2.40. The van der Waals surface area contributed by atoms with Gasteiger partial charge in [0, 0.05) is 20.2 Å². The normalized spacial score (nSPS) is 11.6. The molecule has 5 nitrogen and oxygen atoms in total. The van der Waals surface area contributed by atoms with Crippen LogP contribution in [0.1, 0.15) is 18.0 Å². The molecule has 0 radical (unpaired) electrons. The quantitative estimate of drug-likeness (QED) is 0.796. The molecule has 0 aliphatic rings. The van der Waals surface area contributed by atoms with Crippen LogP contribution in [0.5, 0.6) is 0 Å². The molecule has 0 bridgehead atoms. The number of nitriles is 1. The lowest BCUT2D eigenvalue weighted by Gasteiger charge is -2.24. The molecule has 0 aliphatic carbocycles. The van der Waals surface area contributed by atoms with E-state index in [2.05, 4.69) is 0 Å². The number of ether oxygens (including phenoxy) is 1. The Bertz CT molecular complexity index is 428. The molecule has 1 aromatic carbocycles. The maximum atomic E-state index is 12.3. The Morgan fingerprint density at radius 3 is 2.68 bits per heavy atom. The van der Waals surface area contributed by atoms with Crippen molar-refractivity contribution in [1.82, 2.24) is 4.90 Å². The van der Waals surface area contributed by atoms with E-state index in [1.54, 1.807) is 12.0 Å². The van der Waals surface area contributed by atoms with Gasteiger partial charge in [-0.05, 0) is 5.56 Å². The number of hydrogen-bond donors (Lipinski definition) is 1. The first-order valence-corrected chi connectivity index (χ1v) is 6.16. The van der Waals surface area contributed by atoms with Crippen LogP contribution in [0.25, 0.3) is 0 Å². The Kier molecular flexibility index (Phi) is 6.58. The molecule has 0 aromatic heterocycles. The smallest absolute Gasteiger partial charge is 0.244 e. The predicted molar refractivity (Wildman–Crippen MR) is 72.1 cm³/mol. The van der Waals surface area contributed by atoms with Crippen molar-refractivity contribution in [2.75, 3.05) is 26.8 Å². The van der Waals surface area contributed by atoms with E-state index >= 15 is 0 Å². The minimum absolute atomic E-state index is 0.182. The van der Waals surface area contributed by atoms with E-state index in [-0.39, 0.29) is 12.3 Å². The Hall–Kier alpha value is -1.90. The Balaban J connectivity index is 2.72. The maximum Gasteiger partial charge on any atom is 0.244 e. The number of hydrogen-bond acceptors (Lipinski definition) is 4. The molecular weight excluding hydrogens is 242 g/mol. The van der Waals surface area contributed by atoms with E-state index in [1.165, 1.54) is 0 Å². The third kappa shape index (κ3) is 4.70. The van der Waals surface area contributed by atoms with Gasteiger partial charge in [-0.3, -0.25) is 4.79 Å². The van der Waals surface area contributed by atoms with E-state index in [0.29, 0.717) is 19.7 Å². The van der Waals surface area contributed by atoms with E-state index < -0.39 is 6.04 Å². The molecule has 2 N–H and O–H groups in total. The number of rotatable bonds is 7. The van der Waals surface area contributed by atoms with Gasteiger partial charge in [-0.2, -0.15) is 5.26 Å². The fourth-order valence-corrected chi connectivity index (χ4v) is 1.72. The highest BCUT2D eigenvalue weighted by Crippen LogP contribution is 2.13. The molecule has 0 aliphatic heterocycles. The van der Waals surface area contributed by atoms with Gasteiger partial charge in [0.25, 0.3) is 0 Å². The minimum Gasteiger partial charge on any atom is -0.383 e. The first-order chi connectivity index (χ1) is 9.20. The fourth-order valence-electron chi connectivity index (χ4n) is 1.72. The number of carbonyl (C=O) groups excluding carboxylic acids is 1. The van der Waals surface area contributed by atoms with Gasteiger partial charge in [0.2, 0.25) is 5.91 Å².